The molecule has 2 aliphatic carbocycles. The first kappa shape index (κ1) is 44.2. The standard InChI is InChI=1S/C45H60N6O9/c1-4-12-35(41(54)43(56)46-26-38(53)49-40(44(57)50(2)3)32-23-30-16-8-9-17-31(30)24-32)47-42(55)36-25-34-27-51(36)45(58)39(29-14-6-5-7-15-29)48-37(52)22-28-13-10-18-33(21-28)59-19-11-20-60-34/h8-10,13,16-18,21,29,32,34-36,39-40H,4-7,11-12,14-15,19-20,22-27H2,1-3H3,(H,46,56)(H,47,55)(H,48,52)(H,49,53)/t34-,35+,36+,39+,40+/m1/s1. The van der Waals surface area contributed by atoms with Crippen LogP contribution in [0.3, 0.4) is 0 Å². The van der Waals surface area contributed by atoms with Gasteiger partial charge in [-0.15, -0.1) is 0 Å². The lowest BCUT2D eigenvalue weighted by Crippen LogP contribution is -2.58. The number of nitrogens with zero attached hydrogens (tertiary/aromatic N) is 2. The van der Waals surface area contributed by atoms with E-state index in [9.17, 15) is 33.6 Å². The van der Waals surface area contributed by atoms with Crippen molar-refractivity contribution in [2.45, 2.75) is 114 Å². The van der Waals surface area contributed by atoms with E-state index in [0.717, 1.165) is 48.8 Å². The van der Waals surface area contributed by atoms with Crippen LogP contribution in [0.25, 0.3) is 0 Å². The van der Waals surface area contributed by atoms with Gasteiger partial charge >= 0.3 is 0 Å². The van der Waals surface area contributed by atoms with Gasteiger partial charge in [-0.2, -0.15) is 0 Å². The van der Waals surface area contributed by atoms with Gasteiger partial charge in [0.1, 0.15) is 23.9 Å². The average Bonchev–Trinajstić information content (AvgIpc) is 3.88. The highest BCUT2D eigenvalue weighted by atomic mass is 16.5. The zero-order chi connectivity index (χ0) is 42.8. The van der Waals surface area contributed by atoms with E-state index in [1.54, 1.807) is 14.1 Å². The Morgan fingerprint density at radius 1 is 0.917 bits per heavy atom. The molecule has 2 aliphatic heterocycles. The van der Waals surface area contributed by atoms with E-state index >= 15 is 0 Å². The van der Waals surface area contributed by atoms with Crippen LogP contribution in [-0.2, 0) is 57.6 Å². The quantitative estimate of drug-likeness (QED) is 0.232. The molecule has 0 aromatic heterocycles. The summed E-state index contributed by atoms with van der Waals surface area (Å²) < 4.78 is 12.1. The van der Waals surface area contributed by atoms with Crippen LogP contribution in [0.5, 0.6) is 5.75 Å². The van der Waals surface area contributed by atoms with Gasteiger partial charge in [0, 0.05) is 33.5 Å². The summed E-state index contributed by atoms with van der Waals surface area (Å²) in [5, 5.41) is 10.9. The number of hydrogen-bond acceptors (Lipinski definition) is 9. The molecule has 1 saturated heterocycles. The third kappa shape index (κ3) is 11.3. The molecule has 5 atom stereocenters. The second-order valence-corrected chi connectivity index (χ2v) is 16.8. The Kier molecular flexibility index (Phi) is 15.3. The molecule has 2 aromatic rings. The number of rotatable bonds is 12. The number of ether oxygens (including phenoxy) is 2. The van der Waals surface area contributed by atoms with Crippen molar-refractivity contribution >= 4 is 41.2 Å². The van der Waals surface area contributed by atoms with Crippen LogP contribution in [-0.4, -0.2) is 122 Å². The van der Waals surface area contributed by atoms with E-state index < -0.39 is 60.3 Å². The number of benzene rings is 2. The van der Waals surface area contributed by atoms with E-state index in [4.69, 9.17) is 9.47 Å². The third-order valence-corrected chi connectivity index (χ3v) is 12.1. The summed E-state index contributed by atoms with van der Waals surface area (Å²) >= 11 is 0. The van der Waals surface area contributed by atoms with Crippen LogP contribution in [0.1, 0.15) is 81.4 Å². The minimum atomic E-state index is -1.23. The van der Waals surface area contributed by atoms with Crippen molar-refractivity contribution < 1.29 is 43.0 Å². The Labute approximate surface area is 352 Å². The smallest absolute Gasteiger partial charge is 0.290 e. The minimum absolute atomic E-state index is 0.0536. The predicted molar refractivity (Wildman–Crippen MR) is 221 cm³/mol. The lowest BCUT2D eigenvalue weighted by molar-refractivity contribution is -0.144. The predicted octanol–water partition coefficient (Wildman–Crippen LogP) is 2.02. The Bertz CT molecular complexity index is 1870. The molecule has 4 bridgehead atoms. The van der Waals surface area contributed by atoms with Crippen molar-refractivity contribution in [2.75, 3.05) is 40.4 Å². The first-order chi connectivity index (χ1) is 28.9. The number of nitrogens with one attached hydrogen (secondary N) is 4. The lowest BCUT2D eigenvalue weighted by atomic mass is 9.83. The lowest BCUT2D eigenvalue weighted by Gasteiger charge is -2.35. The molecule has 6 amide bonds. The van der Waals surface area contributed by atoms with Crippen molar-refractivity contribution in [1.82, 2.24) is 31.1 Å². The summed E-state index contributed by atoms with van der Waals surface area (Å²) in [6.07, 6.45) is 6.48. The molecule has 324 valence electrons. The van der Waals surface area contributed by atoms with Gasteiger partial charge in [0.2, 0.25) is 35.3 Å². The molecule has 2 aromatic carbocycles. The van der Waals surface area contributed by atoms with Crippen molar-refractivity contribution in [2.24, 2.45) is 11.8 Å². The second kappa shape index (κ2) is 20.8. The number of likely N-dealkylation sites (N-methyl/N-ethyl adjacent to an activating group) is 1. The summed E-state index contributed by atoms with van der Waals surface area (Å²) in [5.74, 6) is -3.85. The SMILES string of the molecule is CCC[C@H](NC(=O)[C@@H]1C[C@@H]2CN1C(=O)[C@H](C1CCCCC1)NC(=O)Cc1cccc(c1)OCCCO2)C(=O)C(=O)NCC(=O)N[C@H](C(=O)N(C)C)C1Cc2ccccc2C1. The minimum Gasteiger partial charge on any atom is -0.493 e. The van der Waals surface area contributed by atoms with Crippen molar-refractivity contribution in [3.05, 3.63) is 65.2 Å². The summed E-state index contributed by atoms with van der Waals surface area (Å²) in [6.45, 7) is 2.06. The van der Waals surface area contributed by atoms with Gasteiger partial charge in [0.15, 0.2) is 0 Å². The Morgan fingerprint density at radius 3 is 2.35 bits per heavy atom. The van der Waals surface area contributed by atoms with Crippen LogP contribution in [0.2, 0.25) is 0 Å². The van der Waals surface area contributed by atoms with Gasteiger partial charge in [0.05, 0.1) is 38.3 Å². The largest absolute Gasteiger partial charge is 0.493 e. The van der Waals surface area contributed by atoms with E-state index in [-0.39, 0.29) is 55.4 Å². The molecule has 2 heterocycles. The van der Waals surface area contributed by atoms with Crippen LogP contribution >= 0.6 is 0 Å². The number of carbonyl (C=O) groups is 7. The van der Waals surface area contributed by atoms with Gasteiger partial charge < -0.3 is 40.5 Å². The fraction of sp³-hybridized carbons (Fsp3) is 0.578. The molecule has 0 unspecified atom stereocenters. The molecule has 15 nitrogen and oxygen atoms in total. The maximum atomic E-state index is 14.6. The molecule has 15 heteroatoms. The molecule has 1 saturated carbocycles. The maximum Gasteiger partial charge on any atom is 0.290 e. The molecule has 0 radical (unpaired) electrons. The van der Waals surface area contributed by atoms with E-state index in [1.165, 1.54) is 9.80 Å². The third-order valence-electron chi connectivity index (χ3n) is 12.1. The first-order valence-electron chi connectivity index (χ1n) is 21.5. The molecule has 0 spiro atoms. The average molecular weight is 829 g/mol. The summed E-state index contributed by atoms with van der Waals surface area (Å²) in [7, 11) is 3.23. The zero-order valence-electron chi connectivity index (χ0n) is 35.0. The topological polar surface area (TPSA) is 193 Å². The van der Waals surface area contributed by atoms with Gasteiger partial charge in [-0.3, -0.25) is 33.6 Å². The second-order valence-electron chi connectivity index (χ2n) is 16.8. The molecule has 4 N–H and O–H groups in total. The summed E-state index contributed by atoms with van der Waals surface area (Å²) in [5.41, 5.74) is 2.98. The number of fused-ring (bicyclic) bond motifs is 5. The Balaban J connectivity index is 1.12. The fourth-order valence-electron chi connectivity index (χ4n) is 9.04. The van der Waals surface area contributed by atoms with Crippen LogP contribution in [0.4, 0.5) is 0 Å². The van der Waals surface area contributed by atoms with Gasteiger partial charge in [-0.1, -0.05) is 69.0 Å². The number of hydrogen-bond donors (Lipinski definition) is 4. The van der Waals surface area contributed by atoms with E-state index in [0.29, 0.717) is 44.6 Å². The number of carbonyl (C=O) groups excluding carboxylic acids is 7. The fourth-order valence-corrected chi connectivity index (χ4v) is 9.04. The monoisotopic (exact) mass is 828 g/mol. The molecule has 60 heavy (non-hydrogen) atoms. The van der Waals surface area contributed by atoms with Gasteiger partial charge in [-0.25, -0.2) is 0 Å². The summed E-state index contributed by atoms with van der Waals surface area (Å²) in [4.78, 5) is 98.5. The van der Waals surface area contributed by atoms with Crippen LogP contribution in [0.15, 0.2) is 48.5 Å². The van der Waals surface area contributed by atoms with E-state index in [1.807, 2.05) is 55.5 Å². The van der Waals surface area contributed by atoms with Gasteiger partial charge in [0.25, 0.3) is 5.91 Å². The molecular weight excluding hydrogens is 769 g/mol. The molecule has 2 fully saturated rings. The van der Waals surface area contributed by atoms with Crippen LogP contribution in [0, 0.1) is 11.8 Å². The highest BCUT2D eigenvalue weighted by Gasteiger charge is 2.45. The number of amides is 6. The molecular formula is C45H60N6O9. The van der Waals surface area contributed by atoms with Crippen molar-refractivity contribution in [3.8, 4) is 5.75 Å². The van der Waals surface area contributed by atoms with E-state index in [2.05, 4.69) is 21.3 Å². The number of Topliss-reactive ketones (excluding diaryl/α,β-unsaturated/α-hetero) is 1. The normalized spacial score (nSPS) is 22.4. The Morgan fingerprint density at radius 2 is 1.65 bits per heavy atom. The van der Waals surface area contributed by atoms with Crippen LogP contribution < -0.4 is 26.0 Å². The zero-order valence-corrected chi connectivity index (χ0v) is 35.0. The molecule has 4 aliphatic rings. The number of ketones is 1. The molecule has 6 rings (SSSR count). The highest BCUT2D eigenvalue weighted by Crippen LogP contribution is 2.31. The van der Waals surface area contributed by atoms with Crippen molar-refractivity contribution in [3.63, 3.8) is 0 Å². The highest BCUT2D eigenvalue weighted by molar-refractivity contribution is 6.38. The maximum absolute atomic E-state index is 14.6. The van der Waals surface area contributed by atoms with Crippen molar-refractivity contribution in [1.29, 1.82) is 0 Å². The Hall–Kier alpha value is -5.31. The summed E-state index contributed by atoms with van der Waals surface area (Å²) in [6, 6.07) is 11.3. The first-order valence-corrected chi connectivity index (χ1v) is 21.5. The van der Waals surface area contributed by atoms with Gasteiger partial charge in [-0.05, 0) is 72.8 Å².